The number of aromatic amines is 1. The predicted octanol–water partition coefficient (Wildman–Crippen LogP) is 2.47. The Kier molecular flexibility index (Phi) is 2.54. The molecule has 2 rings (SSSR count). The number of rotatable bonds is 2. The van der Waals surface area contributed by atoms with E-state index in [9.17, 15) is 4.79 Å². The summed E-state index contributed by atoms with van der Waals surface area (Å²) in [5.74, 6) is -0.319. The first kappa shape index (κ1) is 9.52. The molecule has 0 saturated carbocycles. The van der Waals surface area contributed by atoms with Crippen LogP contribution in [-0.2, 0) is 4.74 Å². The van der Waals surface area contributed by atoms with Gasteiger partial charge in [-0.1, -0.05) is 18.2 Å². The molecule has 0 radical (unpaired) electrons. The van der Waals surface area contributed by atoms with Crippen LogP contribution < -0.4 is 0 Å². The normalized spacial score (nSPS) is 9.93. The van der Waals surface area contributed by atoms with Gasteiger partial charge in [-0.25, -0.2) is 4.79 Å². The lowest BCUT2D eigenvalue weighted by atomic mass is 10.1. The van der Waals surface area contributed by atoms with Crippen molar-refractivity contribution in [3.63, 3.8) is 0 Å². The Morgan fingerprint density at radius 2 is 2.00 bits per heavy atom. The first-order chi connectivity index (χ1) is 7.33. The summed E-state index contributed by atoms with van der Waals surface area (Å²) >= 11 is 0. The summed E-state index contributed by atoms with van der Waals surface area (Å²) in [5.41, 5.74) is 2.34. The highest BCUT2D eigenvalue weighted by molar-refractivity contribution is 5.96. The molecule has 0 aliphatic carbocycles. The van der Waals surface area contributed by atoms with Crippen LogP contribution in [-0.4, -0.2) is 18.1 Å². The Hall–Kier alpha value is -2.03. The molecule has 0 atom stereocenters. The third-order valence-electron chi connectivity index (χ3n) is 2.22. The van der Waals surface area contributed by atoms with Gasteiger partial charge in [-0.15, -0.1) is 0 Å². The van der Waals surface area contributed by atoms with Crippen LogP contribution in [0.4, 0.5) is 0 Å². The lowest BCUT2D eigenvalue weighted by molar-refractivity contribution is 0.0601. The molecule has 3 nitrogen and oxygen atoms in total. The Morgan fingerprint density at radius 1 is 1.20 bits per heavy atom. The number of hydrogen-bond acceptors (Lipinski definition) is 2. The van der Waals surface area contributed by atoms with Crippen LogP contribution in [0, 0.1) is 0 Å². The minimum Gasteiger partial charge on any atom is -0.465 e. The maximum Gasteiger partial charge on any atom is 0.338 e. The van der Waals surface area contributed by atoms with Gasteiger partial charge < -0.3 is 9.72 Å². The zero-order chi connectivity index (χ0) is 10.7. The lowest BCUT2D eigenvalue weighted by Gasteiger charge is -2.05. The molecule has 0 unspecified atom stereocenters. The van der Waals surface area contributed by atoms with E-state index in [1.807, 2.05) is 36.5 Å². The van der Waals surface area contributed by atoms with E-state index in [0.717, 1.165) is 11.3 Å². The van der Waals surface area contributed by atoms with Crippen molar-refractivity contribution < 1.29 is 9.53 Å². The van der Waals surface area contributed by atoms with Crippen molar-refractivity contribution in [3.8, 4) is 11.3 Å². The standard InChI is InChI=1S/C12H11NO2/c1-15-12(14)10-6-3-2-5-9(10)11-7-4-8-13-11/h2-8,13H,1H3. The molecule has 3 heteroatoms. The summed E-state index contributed by atoms with van der Waals surface area (Å²) in [6.45, 7) is 0. The van der Waals surface area contributed by atoms with Crippen LogP contribution in [0.1, 0.15) is 10.4 Å². The van der Waals surface area contributed by atoms with Crippen LogP contribution in [0.15, 0.2) is 42.6 Å². The summed E-state index contributed by atoms with van der Waals surface area (Å²) in [6.07, 6.45) is 1.82. The number of H-pyrrole nitrogens is 1. The minimum absolute atomic E-state index is 0.319. The Balaban J connectivity index is 2.52. The number of carbonyl (C=O) groups excluding carboxylic acids is 1. The van der Waals surface area contributed by atoms with E-state index in [1.54, 1.807) is 6.07 Å². The molecule has 1 heterocycles. The summed E-state index contributed by atoms with van der Waals surface area (Å²) in [6, 6.07) is 11.2. The van der Waals surface area contributed by atoms with Gasteiger partial charge in [0.05, 0.1) is 12.7 Å². The second-order valence-electron chi connectivity index (χ2n) is 3.12. The second-order valence-corrected chi connectivity index (χ2v) is 3.12. The van der Waals surface area contributed by atoms with Gasteiger partial charge in [0.2, 0.25) is 0 Å². The van der Waals surface area contributed by atoms with Gasteiger partial charge >= 0.3 is 5.97 Å². The molecule has 2 aromatic rings. The Bertz CT molecular complexity index is 460. The van der Waals surface area contributed by atoms with Crippen molar-refractivity contribution >= 4 is 5.97 Å². The first-order valence-corrected chi connectivity index (χ1v) is 4.64. The highest BCUT2D eigenvalue weighted by Gasteiger charge is 2.12. The van der Waals surface area contributed by atoms with E-state index in [0.29, 0.717) is 5.56 Å². The second kappa shape index (κ2) is 4.00. The van der Waals surface area contributed by atoms with Crippen molar-refractivity contribution in [1.29, 1.82) is 0 Å². The number of hydrogen-bond donors (Lipinski definition) is 1. The van der Waals surface area contributed by atoms with Crippen LogP contribution in [0.5, 0.6) is 0 Å². The van der Waals surface area contributed by atoms with E-state index in [2.05, 4.69) is 4.98 Å². The Morgan fingerprint density at radius 3 is 2.67 bits per heavy atom. The van der Waals surface area contributed by atoms with Crippen molar-refractivity contribution in [2.45, 2.75) is 0 Å². The highest BCUT2D eigenvalue weighted by atomic mass is 16.5. The molecule has 0 amide bonds. The summed E-state index contributed by atoms with van der Waals surface area (Å²) in [4.78, 5) is 14.6. The average molecular weight is 201 g/mol. The van der Waals surface area contributed by atoms with Crippen molar-refractivity contribution in [2.24, 2.45) is 0 Å². The summed E-state index contributed by atoms with van der Waals surface area (Å²) in [5, 5.41) is 0. The van der Waals surface area contributed by atoms with Gasteiger partial charge in [0.1, 0.15) is 0 Å². The number of aromatic nitrogens is 1. The largest absolute Gasteiger partial charge is 0.465 e. The van der Waals surface area contributed by atoms with E-state index < -0.39 is 0 Å². The average Bonchev–Trinajstić information content (AvgIpc) is 2.81. The highest BCUT2D eigenvalue weighted by Crippen LogP contribution is 2.22. The smallest absolute Gasteiger partial charge is 0.338 e. The van der Waals surface area contributed by atoms with Gasteiger partial charge in [0, 0.05) is 17.5 Å². The molecular formula is C12H11NO2. The number of nitrogens with one attached hydrogen (secondary N) is 1. The monoisotopic (exact) mass is 201 g/mol. The molecule has 0 aliphatic heterocycles. The van der Waals surface area contributed by atoms with Crippen LogP contribution >= 0.6 is 0 Å². The summed E-state index contributed by atoms with van der Waals surface area (Å²) in [7, 11) is 1.38. The van der Waals surface area contributed by atoms with E-state index in [1.165, 1.54) is 7.11 Å². The molecule has 1 aromatic heterocycles. The number of esters is 1. The number of carbonyl (C=O) groups is 1. The molecule has 15 heavy (non-hydrogen) atoms. The molecular weight excluding hydrogens is 190 g/mol. The Labute approximate surface area is 87.7 Å². The molecule has 1 aromatic carbocycles. The molecule has 0 aliphatic rings. The quantitative estimate of drug-likeness (QED) is 0.758. The molecule has 1 N–H and O–H groups in total. The van der Waals surface area contributed by atoms with Crippen molar-refractivity contribution in [1.82, 2.24) is 4.98 Å². The zero-order valence-corrected chi connectivity index (χ0v) is 8.36. The van der Waals surface area contributed by atoms with Crippen molar-refractivity contribution in [3.05, 3.63) is 48.2 Å². The topological polar surface area (TPSA) is 42.1 Å². The third kappa shape index (κ3) is 1.76. The first-order valence-electron chi connectivity index (χ1n) is 4.64. The molecule has 0 bridgehead atoms. The molecule has 0 fully saturated rings. The van der Waals surface area contributed by atoms with Gasteiger partial charge in [-0.3, -0.25) is 0 Å². The predicted molar refractivity (Wildman–Crippen MR) is 57.6 cm³/mol. The van der Waals surface area contributed by atoms with E-state index in [-0.39, 0.29) is 5.97 Å². The molecule has 0 spiro atoms. The zero-order valence-electron chi connectivity index (χ0n) is 8.36. The number of methoxy groups -OCH3 is 1. The summed E-state index contributed by atoms with van der Waals surface area (Å²) < 4.78 is 4.72. The fourth-order valence-corrected chi connectivity index (χ4v) is 1.50. The fraction of sp³-hybridized carbons (Fsp3) is 0.0833. The van der Waals surface area contributed by atoms with Gasteiger partial charge in [0.15, 0.2) is 0 Å². The SMILES string of the molecule is COC(=O)c1ccccc1-c1ccc[nH]1. The van der Waals surface area contributed by atoms with Gasteiger partial charge in [-0.05, 0) is 18.2 Å². The number of benzene rings is 1. The minimum atomic E-state index is -0.319. The van der Waals surface area contributed by atoms with E-state index >= 15 is 0 Å². The van der Waals surface area contributed by atoms with Crippen LogP contribution in [0.2, 0.25) is 0 Å². The maximum atomic E-state index is 11.5. The van der Waals surface area contributed by atoms with Gasteiger partial charge in [0.25, 0.3) is 0 Å². The maximum absolute atomic E-state index is 11.5. The van der Waals surface area contributed by atoms with Crippen LogP contribution in [0.3, 0.4) is 0 Å². The van der Waals surface area contributed by atoms with Gasteiger partial charge in [-0.2, -0.15) is 0 Å². The molecule has 76 valence electrons. The molecule has 0 saturated heterocycles. The van der Waals surface area contributed by atoms with Crippen LogP contribution in [0.25, 0.3) is 11.3 Å². The third-order valence-corrected chi connectivity index (χ3v) is 2.22. The van der Waals surface area contributed by atoms with E-state index in [4.69, 9.17) is 4.74 Å². The lowest BCUT2D eigenvalue weighted by Crippen LogP contribution is -2.03. The number of ether oxygens (including phenoxy) is 1. The van der Waals surface area contributed by atoms with Crippen molar-refractivity contribution in [2.75, 3.05) is 7.11 Å². The fourth-order valence-electron chi connectivity index (χ4n) is 1.50.